The molecule has 1 amide bonds. The predicted octanol–water partition coefficient (Wildman–Crippen LogP) is 1.02. The third-order valence-electron chi connectivity index (χ3n) is 3.45. The molecule has 0 atom stereocenters. The zero-order valence-corrected chi connectivity index (χ0v) is 16.0. The molecular formula is C14H22IN5O3. The van der Waals surface area contributed by atoms with E-state index in [1.807, 2.05) is 48.3 Å². The minimum atomic E-state index is -0.510. The maximum absolute atomic E-state index is 12.1. The molecule has 1 aromatic heterocycles. The normalized spacial score (nSPS) is 15.7. The predicted molar refractivity (Wildman–Crippen MR) is 96.6 cm³/mol. The number of rotatable bonds is 1. The second kappa shape index (κ2) is 6.54. The molecule has 8 nitrogen and oxygen atoms in total. The smallest absolute Gasteiger partial charge is 0.410 e. The first-order valence-corrected chi connectivity index (χ1v) is 8.43. The first-order valence-electron chi connectivity index (χ1n) is 7.35. The molecule has 1 aromatic rings. The minimum absolute atomic E-state index is 0.164. The molecule has 9 heteroatoms. The number of nitrogens with two attached hydrogens (primary N) is 1. The second-order valence-corrected chi connectivity index (χ2v) is 7.51. The van der Waals surface area contributed by atoms with Gasteiger partial charge in [0.05, 0.1) is 0 Å². The summed E-state index contributed by atoms with van der Waals surface area (Å²) in [5.74, 6) is 0.759. The van der Waals surface area contributed by atoms with Crippen molar-refractivity contribution in [1.29, 1.82) is 0 Å². The van der Waals surface area contributed by atoms with Crippen LogP contribution in [0, 0.1) is 3.57 Å². The van der Waals surface area contributed by atoms with E-state index in [4.69, 9.17) is 10.5 Å². The van der Waals surface area contributed by atoms with E-state index in [1.165, 1.54) is 4.57 Å². The summed E-state index contributed by atoms with van der Waals surface area (Å²) in [5, 5.41) is 0. The van der Waals surface area contributed by atoms with Crippen molar-refractivity contribution >= 4 is 40.5 Å². The van der Waals surface area contributed by atoms with Crippen molar-refractivity contribution in [1.82, 2.24) is 14.5 Å². The van der Waals surface area contributed by atoms with E-state index in [-0.39, 0.29) is 17.5 Å². The van der Waals surface area contributed by atoms with Crippen LogP contribution in [0.2, 0.25) is 0 Å². The molecule has 2 heterocycles. The number of nitrogen functional groups attached to an aromatic ring is 1. The van der Waals surface area contributed by atoms with Gasteiger partial charge in [-0.25, -0.2) is 4.79 Å². The summed E-state index contributed by atoms with van der Waals surface area (Å²) >= 11 is 1.90. The number of aromatic nitrogens is 2. The van der Waals surface area contributed by atoms with Gasteiger partial charge in [-0.05, 0) is 43.4 Å². The quantitative estimate of drug-likeness (QED) is 0.663. The lowest BCUT2D eigenvalue weighted by Crippen LogP contribution is -2.51. The Labute approximate surface area is 148 Å². The van der Waals surface area contributed by atoms with Crippen LogP contribution in [0.5, 0.6) is 0 Å². The highest BCUT2D eigenvalue weighted by Gasteiger charge is 2.27. The first-order chi connectivity index (χ1) is 10.6. The molecule has 0 unspecified atom stereocenters. The van der Waals surface area contributed by atoms with Gasteiger partial charge in [-0.2, -0.15) is 4.98 Å². The molecule has 1 saturated heterocycles. The summed E-state index contributed by atoms with van der Waals surface area (Å²) in [6.45, 7) is 7.69. The molecule has 2 rings (SSSR count). The van der Waals surface area contributed by atoms with Crippen LogP contribution in [0.3, 0.4) is 0 Å². The zero-order chi connectivity index (χ0) is 17.4. The van der Waals surface area contributed by atoms with Gasteiger partial charge in [0.1, 0.15) is 15.0 Å². The molecule has 0 saturated carbocycles. The maximum Gasteiger partial charge on any atom is 0.410 e. The molecule has 0 radical (unpaired) electrons. The molecule has 128 valence electrons. The van der Waals surface area contributed by atoms with E-state index >= 15 is 0 Å². The van der Waals surface area contributed by atoms with Crippen molar-refractivity contribution in [2.45, 2.75) is 26.4 Å². The fourth-order valence-corrected chi connectivity index (χ4v) is 2.76. The van der Waals surface area contributed by atoms with Gasteiger partial charge in [0.2, 0.25) is 5.95 Å². The number of piperazine rings is 1. The van der Waals surface area contributed by atoms with Crippen molar-refractivity contribution in [3.8, 4) is 0 Å². The lowest BCUT2D eigenvalue weighted by Gasteiger charge is -2.36. The Bertz CT molecular complexity index is 660. The number of anilines is 2. The molecule has 2 N–H and O–H groups in total. The van der Waals surface area contributed by atoms with E-state index in [0.29, 0.717) is 35.7 Å². The molecule has 23 heavy (non-hydrogen) atoms. The van der Waals surface area contributed by atoms with E-state index in [0.717, 1.165) is 0 Å². The average Bonchev–Trinajstić information content (AvgIpc) is 2.47. The largest absolute Gasteiger partial charge is 0.444 e. The van der Waals surface area contributed by atoms with E-state index < -0.39 is 5.60 Å². The standard InChI is InChI=1S/C14H22IN5O3/c1-14(2,3)23-13(22)20-7-5-19(6-8-20)12-17-10(16)9(15)11(21)18(12)4/h5-8,16H2,1-4H3. The van der Waals surface area contributed by atoms with Gasteiger partial charge < -0.3 is 20.3 Å². The van der Waals surface area contributed by atoms with Crippen LogP contribution in [0.15, 0.2) is 4.79 Å². The lowest BCUT2D eigenvalue weighted by atomic mass is 10.2. The van der Waals surface area contributed by atoms with Crippen molar-refractivity contribution < 1.29 is 9.53 Å². The van der Waals surface area contributed by atoms with Crippen LogP contribution in [-0.2, 0) is 11.8 Å². The van der Waals surface area contributed by atoms with Gasteiger partial charge >= 0.3 is 6.09 Å². The highest BCUT2D eigenvalue weighted by atomic mass is 127. The van der Waals surface area contributed by atoms with Crippen LogP contribution in [0.1, 0.15) is 20.8 Å². The van der Waals surface area contributed by atoms with Gasteiger partial charge in [-0.1, -0.05) is 0 Å². The number of ether oxygens (including phenoxy) is 1. The maximum atomic E-state index is 12.1. The Morgan fingerprint density at radius 3 is 2.35 bits per heavy atom. The van der Waals surface area contributed by atoms with Crippen LogP contribution < -0.4 is 16.2 Å². The highest BCUT2D eigenvalue weighted by Crippen LogP contribution is 2.17. The van der Waals surface area contributed by atoms with Crippen molar-refractivity contribution in [2.24, 2.45) is 7.05 Å². The minimum Gasteiger partial charge on any atom is -0.444 e. The highest BCUT2D eigenvalue weighted by molar-refractivity contribution is 14.1. The fourth-order valence-electron chi connectivity index (χ4n) is 2.28. The van der Waals surface area contributed by atoms with Crippen LogP contribution in [0.25, 0.3) is 0 Å². The molecular weight excluding hydrogens is 413 g/mol. The van der Waals surface area contributed by atoms with Gasteiger partial charge in [-0.15, -0.1) is 0 Å². The molecule has 1 aliphatic rings. The Morgan fingerprint density at radius 2 is 1.83 bits per heavy atom. The van der Waals surface area contributed by atoms with Gasteiger partial charge in [0.25, 0.3) is 5.56 Å². The summed E-state index contributed by atoms with van der Waals surface area (Å²) in [7, 11) is 1.67. The fraction of sp³-hybridized carbons (Fsp3) is 0.643. The third-order valence-corrected chi connectivity index (χ3v) is 4.47. The number of carbonyl (C=O) groups is 1. The zero-order valence-electron chi connectivity index (χ0n) is 13.8. The summed E-state index contributed by atoms with van der Waals surface area (Å²) in [6, 6.07) is 0. The monoisotopic (exact) mass is 435 g/mol. The topological polar surface area (TPSA) is 93.7 Å². The Hall–Kier alpha value is -1.52. The van der Waals surface area contributed by atoms with E-state index in [9.17, 15) is 9.59 Å². The second-order valence-electron chi connectivity index (χ2n) is 6.43. The first kappa shape index (κ1) is 17.8. The summed E-state index contributed by atoms with van der Waals surface area (Å²) < 4.78 is 7.28. The molecule has 1 aliphatic heterocycles. The number of nitrogens with zero attached hydrogens (tertiary/aromatic N) is 4. The van der Waals surface area contributed by atoms with Crippen LogP contribution in [0.4, 0.5) is 16.6 Å². The number of halogens is 1. The van der Waals surface area contributed by atoms with Crippen molar-refractivity contribution in [3.63, 3.8) is 0 Å². The molecule has 1 fully saturated rings. The van der Waals surface area contributed by atoms with Gasteiger partial charge in [-0.3, -0.25) is 9.36 Å². The molecule has 0 bridgehead atoms. The van der Waals surface area contributed by atoms with E-state index in [1.54, 1.807) is 11.9 Å². The Kier molecular flexibility index (Phi) is 5.07. The average molecular weight is 435 g/mol. The van der Waals surface area contributed by atoms with Gasteiger partial charge in [0.15, 0.2) is 0 Å². The number of hydrogen-bond acceptors (Lipinski definition) is 6. The lowest BCUT2D eigenvalue weighted by molar-refractivity contribution is 0.0240. The van der Waals surface area contributed by atoms with Crippen molar-refractivity contribution in [3.05, 3.63) is 13.9 Å². The summed E-state index contributed by atoms with van der Waals surface area (Å²) in [4.78, 5) is 32.1. The van der Waals surface area contributed by atoms with Crippen molar-refractivity contribution in [2.75, 3.05) is 36.8 Å². The SMILES string of the molecule is Cn1c(N2CCN(C(=O)OC(C)(C)C)CC2)nc(N)c(I)c1=O. The van der Waals surface area contributed by atoms with Crippen LogP contribution in [-0.4, -0.2) is 52.3 Å². The van der Waals surface area contributed by atoms with Crippen LogP contribution >= 0.6 is 22.6 Å². The van der Waals surface area contributed by atoms with E-state index in [2.05, 4.69) is 4.98 Å². The Balaban J connectivity index is 2.08. The molecule has 0 aliphatic carbocycles. The molecule has 0 spiro atoms. The van der Waals surface area contributed by atoms with Gasteiger partial charge in [0, 0.05) is 33.2 Å². The number of carbonyl (C=O) groups excluding carboxylic acids is 1. The summed E-state index contributed by atoms with van der Waals surface area (Å²) in [5.41, 5.74) is 5.12. The third kappa shape index (κ3) is 4.06. The summed E-state index contributed by atoms with van der Waals surface area (Å²) in [6.07, 6.45) is -0.318. The Morgan fingerprint density at radius 1 is 1.26 bits per heavy atom. The number of amides is 1. The molecule has 0 aromatic carbocycles. The number of hydrogen-bond donors (Lipinski definition) is 1.